The third kappa shape index (κ3) is 1.85. The van der Waals surface area contributed by atoms with Crippen molar-refractivity contribution in [3.05, 3.63) is 47.3 Å². The van der Waals surface area contributed by atoms with E-state index in [0.29, 0.717) is 0 Å². The van der Waals surface area contributed by atoms with Gasteiger partial charge in [-0.25, -0.2) is 0 Å². The summed E-state index contributed by atoms with van der Waals surface area (Å²) in [5, 5.41) is 1.72. The number of benzene rings is 1. The van der Waals surface area contributed by atoms with Gasteiger partial charge in [0.2, 0.25) is 0 Å². The van der Waals surface area contributed by atoms with Crippen molar-refractivity contribution in [1.82, 2.24) is 0 Å². The van der Waals surface area contributed by atoms with Crippen LogP contribution in [-0.2, 0) is 0 Å². The molecule has 13 heavy (non-hydrogen) atoms. The van der Waals surface area contributed by atoms with Crippen LogP contribution < -0.4 is 0 Å². The molecule has 0 saturated heterocycles. The molecule has 64 valence electrons. The van der Waals surface area contributed by atoms with E-state index in [1.165, 1.54) is 10.4 Å². The summed E-state index contributed by atoms with van der Waals surface area (Å²) in [7, 11) is 0. The van der Waals surface area contributed by atoms with Gasteiger partial charge in [-0.05, 0) is 17.7 Å². The molecule has 1 aromatic carbocycles. The van der Waals surface area contributed by atoms with Crippen molar-refractivity contribution in [2.75, 3.05) is 0 Å². The fraction of sp³-hybridized carbons (Fsp3) is 0. The average molecular weight is 204 g/mol. The highest BCUT2D eigenvalue weighted by atomic mass is 32.1. The zero-order chi connectivity index (χ0) is 9.10. The minimum Gasteiger partial charge on any atom is -0.135 e. The van der Waals surface area contributed by atoms with E-state index in [1.807, 2.05) is 18.2 Å². The van der Waals surface area contributed by atoms with E-state index in [9.17, 15) is 0 Å². The lowest BCUT2D eigenvalue weighted by Crippen LogP contribution is -1.67. The van der Waals surface area contributed by atoms with Crippen LogP contribution in [0.4, 0.5) is 0 Å². The molecular formula is C11H8S2. The van der Waals surface area contributed by atoms with Gasteiger partial charge >= 0.3 is 0 Å². The molecule has 0 amide bonds. The largest absolute Gasteiger partial charge is 0.135 e. The highest BCUT2D eigenvalue weighted by Gasteiger charge is 1.99. The van der Waals surface area contributed by atoms with E-state index in [-0.39, 0.29) is 0 Å². The quantitative estimate of drug-likeness (QED) is 0.671. The lowest BCUT2D eigenvalue weighted by Gasteiger charge is -1.93. The second kappa shape index (κ2) is 3.81. The Hall–Kier alpha value is -0.990. The molecule has 0 unspecified atom stereocenters. The summed E-state index contributed by atoms with van der Waals surface area (Å²) >= 11 is 6.59. The van der Waals surface area contributed by atoms with Crippen molar-refractivity contribution in [2.24, 2.45) is 0 Å². The Balaban J connectivity index is 2.41. The van der Waals surface area contributed by atoms with Crippen molar-refractivity contribution in [3.8, 4) is 10.4 Å². The zero-order valence-corrected chi connectivity index (χ0v) is 8.57. The highest BCUT2D eigenvalue weighted by molar-refractivity contribution is 7.79. The predicted octanol–water partition coefficient (Wildman–Crippen LogP) is 3.76. The van der Waals surface area contributed by atoms with Gasteiger partial charge in [-0.3, -0.25) is 0 Å². The summed E-state index contributed by atoms with van der Waals surface area (Å²) in [5.74, 6) is 0. The maximum absolute atomic E-state index is 4.87. The third-order valence-electron chi connectivity index (χ3n) is 1.80. The fourth-order valence-corrected chi connectivity index (χ4v) is 2.22. The Morgan fingerprint density at radius 1 is 1.00 bits per heavy atom. The Morgan fingerprint density at radius 3 is 2.38 bits per heavy atom. The summed E-state index contributed by atoms with van der Waals surface area (Å²) < 4.78 is 0. The molecule has 1 heterocycles. The molecular weight excluding hydrogens is 196 g/mol. The van der Waals surface area contributed by atoms with E-state index in [0.717, 1.165) is 4.88 Å². The molecule has 0 radical (unpaired) electrons. The summed E-state index contributed by atoms with van der Waals surface area (Å²) in [6, 6.07) is 14.5. The van der Waals surface area contributed by atoms with Crippen LogP contribution in [0.1, 0.15) is 4.88 Å². The normalized spacial score (nSPS) is 9.85. The van der Waals surface area contributed by atoms with Crippen LogP contribution in [0, 0.1) is 0 Å². The maximum atomic E-state index is 4.87. The van der Waals surface area contributed by atoms with Crippen molar-refractivity contribution in [2.45, 2.75) is 0 Å². The predicted molar refractivity (Wildman–Crippen MR) is 62.5 cm³/mol. The van der Waals surface area contributed by atoms with Crippen molar-refractivity contribution >= 4 is 28.9 Å². The first-order valence-corrected chi connectivity index (χ1v) is 5.29. The van der Waals surface area contributed by atoms with Gasteiger partial charge in [-0.2, -0.15) is 0 Å². The molecule has 0 bridgehead atoms. The lowest BCUT2D eigenvalue weighted by atomic mass is 10.2. The molecule has 0 N–H and O–H groups in total. The number of hydrogen-bond acceptors (Lipinski definition) is 2. The Bertz CT molecular complexity index is 401. The summed E-state index contributed by atoms with van der Waals surface area (Å²) in [6.07, 6.45) is 0. The van der Waals surface area contributed by atoms with Crippen molar-refractivity contribution < 1.29 is 0 Å². The van der Waals surface area contributed by atoms with Crippen LogP contribution in [0.5, 0.6) is 0 Å². The molecule has 0 fully saturated rings. The zero-order valence-electron chi connectivity index (χ0n) is 6.94. The van der Waals surface area contributed by atoms with Crippen LogP contribution in [0.15, 0.2) is 42.5 Å². The molecule has 0 aliphatic rings. The number of thiophene rings is 1. The van der Waals surface area contributed by atoms with Gasteiger partial charge in [0.15, 0.2) is 0 Å². The van der Waals surface area contributed by atoms with Gasteiger partial charge in [0.1, 0.15) is 0 Å². The minimum absolute atomic E-state index is 1.15. The maximum Gasteiger partial charge on any atom is 0.0384 e. The van der Waals surface area contributed by atoms with E-state index in [1.54, 1.807) is 16.7 Å². The monoisotopic (exact) mass is 204 g/mol. The summed E-state index contributed by atoms with van der Waals surface area (Å²) in [5.41, 5.74) is 1.26. The standard InChI is InChI=1S/C11H8S2/c12-8-10-6-7-11(13-10)9-4-2-1-3-5-9/h1-8H. The van der Waals surface area contributed by atoms with E-state index >= 15 is 0 Å². The molecule has 0 spiro atoms. The first kappa shape index (κ1) is 8.60. The Labute approximate surface area is 86.9 Å². The van der Waals surface area contributed by atoms with Gasteiger partial charge < -0.3 is 0 Å². The molecule has 0 atom stereocenters. The second-order valence-electron chi connectivity index (χ2n) is 2.69. The van der Waals surface area contributed by atoms with Gasteiger partial charge in [0.05, 0.1) is 0 Å². The molecule has 0 aliphatic carbocycles. The smallest absolute Gasteiger partial charge is 0.0384 e. The lowest BCUT2D eigenvalue weighted by molar-refractivity contribution is 1.70. The molecule has 2 heteroatoms. The van der Waals surface area contributed by atoms with Crippen LogP contribution in [0.3, 0.4) is 0 Å². The van der Waals surface area contributed by atoms with Gasteiger partial charge in [0, 0.05) is 15.1 Å². The van der Waals surface area contributed by atoms with E-state index in [4.69, 9.17) is 12.2 Å². The number of hydrogen-bond donors (Lipinski definition) is 0. The van der Waals surface area contributed by atoms with Gasteiger partial charge in [-0.15, -0.1) is 11.3 Å². The number of thiocarbonyl (C=S) groups is 1. The third-order valence-corrected chi connectivity index (χ3v) is 3.29. The van der Waals surface area contributed by atoms with Crippen LogP contribution in [0.2, 0.25) is 0 Å². The van der Waals surface area contributed by atoms with Gasteiger partial charge in [-0.1, -0.05) is 42.5 Å². The van der Waals surface area contributed by atoms with Crippen LogP contribution in [-0.4, -0.2) is 5.37 Å². The first-order valence-electron chi connectivity index (χ1n) is 4.00. The van der Waals surface area contributed by atoms with Crippen molar-refractivity contribution in [3.63, 3.8) is 0 Å². The fourth-order valence-electron chi connectivity index (χ4n) is 1.17. The molecule has 0 aliphatic heterocycles. The number of rotatable bonds is 2. The molecule has 2 aromatic rings. The second-order valence-corrected chi connectivity index (χ2v) is 4.04. The van der Waals surface area contributed by atoms with Crippen LogP contribution in [0.25, 0.3) is 10.4 Å². The minimum atomic E-state index is 1.15. The molecule has 0 nitrogen and oxygen atoms in total. The van der Waals surface area contributed by atoms with E-state index in [2.05, 4.69) is 24.3 Å². The van der Waals surface area contributed by atoms with Crippen molar-refractivity contribution in [1.29, 1.82) is 0 Å². The molecule has 0 saturated carbocycles. The van der Waals surface area contributed by atoms with E-state index < -0.39 is 0 Å². The van der Waals surface area contributed by atoms with Gasteiger partial charge in [0.25, 0.3) is 0 Å². The summed E-state index contributed by atoms with van der Waals surface area (Å²) in [6.45, 7) is 0. The molecule has 2 rings (SSSR count). The Morgan fingerprint density at radius 2 is 1.77 bits per heavy atom. The Kier molecular flexibility index (Phi) is 2.52. The van der Waals surface area contributed by atoms with Crippen LogP contribution >= 0.6 is 23.6 Å². The molecule has 1 aromatic heterocycles. The SMILES string of the molecule is S=Cc1ccc(-c2ccccc2)s1. The highest BCUT2D eigenvalue weighted by Crippen LogP contribution is 2.26. The average Bonchev–Trinajstić information content (AvgIpc) is 2.67. The first-order chi connectivity index (χ1) is 6.40. The summed E-state index contributed by atoms with van der Waals surface area (Å²) in [4.78, 5) is 2.42. The topological polar surface area (TPSA) is 0 Å².